The summed E-state index contributed by atoms with van der Waals surface area (Å²) in [5.74, 6) is 2.63. The highest BCUT2D eigenvalue weighted by molar-refractivity contribution is 6.04. The van der Waals surface area contributed by atoms with Crippen molar-refractivity contribution in [3.8, 4) is 17.4 Å². The summed E-state index contributed by atoms with van der Waals surface area (Å²) in [6.45, 7) is 4.46. The van der Waals surface area contributed by atoms with Gasteiger partial charge in [-0.05, 0) is 49.7 Å². The van der Waals surface area contributed by atoms with Gasteiger partial charge in [0.05, 0.1) is 20.8 Å². The first-order chi connectivity index (χ1) is 15.0. The monoisotopic (exact) mass is 422 g/mol. The number of aromatic nitrogens is 2. The lowest BCUT2D eigenvalue weighted by atomic mass is 10.1. The number of rotatable bonds is 9. The van der Waals surface area contributed by atoms with E-state index < -0.39 is 0 Å². The Hall–Kier alpha value is -3.81. The van der Waals surface area contributed by atoms with E-state index in [4.69, 9.17) is 14.2 Å². The smallest absolute Gasteiger partial charge is 0.255 e. The first-order valence-electron chi connectivity index (χ1n) is 9.90. The van der Waals surface area contributed by atoms with E-state index in [2.05, 4.69) is 20.6 Å². The lowest BCUT2D eigenvalue weighted by molar-refractivity contribution is 0.102. The van der Waals surface area contributed by atoms with Crippen LogP contribution in [0.25, 0.3) is 0 Å². The number of hydrogen-bond acceptors (Lipinski definition) is 7. The minimum atomic E-state index is -0.262. The molecule has 1 amide bonds. The van der Waals surface area contributed by atoms with Crippen LogP contribution in [0.4, 0.5) is 17.2 Å². The summed E-state index contributed by atoms with van der Waals surface area (Å²) in [6.07, 6.45) is 0.904. The summed E-state index contributed by atoms with van der Waals surface area (Å²) in [5, 5.41) is 6.10. The normalized spacial score (nSPS) is 10.3. The summed E-state index contributed by atoms with van der Waals surface area (Å²) >= 11 is 0. The number of nitrogens with zero attached hydrogens (tertiary/aromatic N) is 2. The molecule has 162 valence electrons. The summed E-state index contributed by atoms with van der Waals surface area (Å²) in [5.41, 5.74) is 1.92. The zero-order valence-corrected chi connectivity index (χ0v) is 18.1. The van der Waals surface area contributed by atoms with Gasteiger partial charge >= 0.3 is 0 Å². The maximum atomic E-state index is 12.6. The predicted octanol–water partition coefficient (Wildman–Crippen LogP) is 4.59. The third-order valence-corrected chi connectivity index (χ3v) is 4.30. The van der Waals surface area contributed by atoms with Gasteiger partial charge in [-0.3, -0.25) is 4.79 Å². The molecule has 3 rings (SSSR count). The Morgan fingerprint density at radius 1 is 0.935 bits per heavy atom. The Labute approximate surface area is 181 Å². The standard InChI is InChI=1S/C23H26N4O4/c1-5-10-31-22-14-21(24-15(2)25-22)26-17-6-8-18(9-7-17)27-23(28)16-11-19(29-3)13-20(12-16)30-4/h6-9,11-14H,5,10H2,1-4H3,(H,27,28)(H,24,25,26). The Kier molecular flexibility index (Phi) is 7.26. The minimum Gasteiger partial charge on any atom is -0.497 e. The molecule has 1 heterocycles. The molecule has 0 spiro atoms. The van der Waals surface area contributed by atoms with Crippen LogP contribution in [-0.2, 0) is 0 Å². The first-order valence-corrected chi connectivity index (χ1v) is 9.90. The Morgan fingerprint density at radius 2 is 1.58 bits per heavy atom. The highest BCUT2D eigenvalue weighted by atomic mass is 16.5. The fraction of sp³-hybridized carbons (Fsp3) is 0.261. The van der Waals surface area contributed by atoms with Crippen molar-refractivity contribution >= 4 is 23.1 Å². The molecule has 0 aliphatic heterocycles. The molecule has 0 atom stereocenters. The van der Waals surface area contributed by atoms with E-state index in [1.54, 1.807) is 50.6 Å². The van der Waals surface area contributed by atoms with Crippen molar-refractivity contribution in [1.82, 2.24) is 9.97 Å². The van der Waals surface area contributed by atoms with Crippen molar-refractivity contribution in [2.45, 2.75) is 20.3 Å². The lowest BCUT2D eigenvalue weighted by Gasteiger charge is -2.11. The number of aryl methyl sites for hydroxylation is 1. The second kappa shape index (κ2) is 10.3. The van der Waals surface area contributed by atoms with E-state index in [0.717, 1.165) is 12.1 Å². The number of amides is 1. The Balaban J connectivity index is 1.68. The van der Waals surface area contributed by atoms with Gasteiger partial charge in [0.1, 0.15) is 23.1 Å². The number of carbonyl (C=O) groups is 1. The molecule has 0 bridgehead atoms. The average Bonchev–Trinajstić information content (AvgIpc) is 2.78. The summed E-state index contributed by atoms with van der Waals surface area (Å²) in [7, 11) is 3.08. The van der Waals surface area contributed by atoms with Crippen LogP contribution in [0.15, 0.2) is 48.5 Å². The van der Waals surface area contributed by atoms with Crippen molar-refractivity contribution in [3.05, 3.63) is 59.9 Å². The van der Waals surface area contributed by atoms with Crippen LogP contribution in [0.3, 0.4) is 0 Å². The van der Waals surface area contributed by atoms with E-state index in [1.165, 1.54) is 0 Å². The number of carbonyl (C=O) groups excluding carboxylic acids is 1. The highest BCUT2D eigenvalue weighted by Gasteiger charge is 2.11. The molecule has 1 aromatic heterocycles. The van der Waals surface area contributed by atoms with Crippen LogP contribution in [0.5, 0.6) is 17.4 Å². The topological polar surface area (TPSA) is 94.6 Å². The number of ether oxygens (including phenoxy) is 3. The van der Waals surface area contributed by atoms with Gasteiger partial charge in [0.25, 0.3) is 5.91 Å². The summed E-state index contributed by atoms with van der Waals surface area (Å²) < 4.78 is 16.0. The quantitative estimate of drug-likeness (QED) is 0.521. The first kappa shape index (κ1) is 21.9. The summed E-state index contributed by atoms with van der Waals surface area (Å²) in [4.78, 5) is 21.3. The largest absolute Gasteiger partial charge is 0.497 e. The number of anilines is 3. The molecule has 0 saturated carbocycles. The molecule has 0 aliphatic rings. The van der Waals surface area contributed by atoms with E-state index in [-0.39, 0.29) is 5.91 Å². The number of benzene rings is 2. The zero-order valence-electron chi connectivity index (χ0n) is 18.1. The van der Waals surface area contributed by atoms with Gasteiger partial charge < -0.3 is 24.8 Å². The van der Waals surface area contributed by atoms with Crippen molar-refractivity contribution < 1.29 is 19.0 Å². The van der Waals surface area contributed by atoms with Gasteiger partial charge in [0.15, 0.2) is 0 Å². The fourth-order valence-corrected chi connectivity index (χ4v) is 2.81. The molecule has 2 N–H and O–H groups in total. The van der Waals surface area contributed by atoms with Crippen molar-refractivity contribution in [2.24, 2.45) is 0 Å². The molecule has 0 saturated heterocycles. The Morgan fingerprint density at radius 3 is 2.19 bits per heavy atom. The average molecular weight is 422 g/mol. The number of nitrogens with one attached hydrogen (secondary N) is 2. The highest BCUT2D eigenvalue weighted by Crippen LogP contribution is 2.24. The van der Waals surface area contributed by atoms with Crippen LogP contribution in [0, 0.1) is 6.92 Å². The minimum absolute atomic E-state index is 0.262. The predicted molar refractivity (Wildman–Crippen MR) is 120 cm³/mol. The van der Waals surface area contributed by atoms with Gasteiger partial charge in [-0.1, -0.05) is 6.92 Å². The van der Waals surface area contributed by atoms with E-state index in [0.29, 0.717) is 46.9 Å². The SMILES string of the molecule is CCCOc1cc(Nc2ccc(NC(=O)c3cc(OC)cc(OC)c3)cc2)nc(C)n1. The number of methoxy groups -OCH3 is 2. The fourth-order valence-electron chi connectivity index (χ4n) is 2.81. The second-order valence-corrected chi connectivity index (χ2v) is 6.74. The van der Waals surface area contributed by atoms with Gasteiger partial charge in [0, 0.05) is 29.1 Å². The van der Waals surface area contributed by atoms with E-state index >= 15 is 0 Å². The molecule has 8 nitrogen and oxygen atoms in total. The molecule has 2 aromatic carbocycles. The molecule has 0 aliphatic carbocycles. The molecule has 8 heteroatoms. The summed E-state index contributed by atoms with van der Waals surface area (Å²) in [6, 6.07) is 14.1. The van der Waals surface area contributed by atoms with Gasteiger partial charge in [-0.15, -0.1) is 0 Å². The van der Waals surface area contributed by atoms with Crippen LogP contribution >= 0.6 is 0 Å². The van der Waals surface area contributed by atoms with E-state index in [9.17, 15) is 4.79 Å². The molecule has 0 fully saturated rings. The molecular formula is C23H26N4O4. The zero-order chi connectivity index (χ0) is 22.2. The molecular weight excluding hydrogens is 396 g/mol. The molecule has 3 aromatic rings. The van der Waals surface area contributed by atoms with Gasteiger partial charge in [0.2, 0.25) is 5.88 Å². The lowest BCUT2D eigenvalue weighted by Crippen LogP contribution is -2.12. The second-order valence-electron chi connectivity index (χ2n) is 6.74. The van der Waals surface area contributed by atoms with Crippen molar-refractivity contribution in [3.63, 3.8) is 0 Å². The Bertz CT molecular complexity index is 1020. The van der Waals surface area contributed by atoms with Crippen molar-refractivity contribution in [1.29, 1.82) is 0 Å². The maximum absolute atomic E-state index is 12.6. The number of hydrogen-bond donors (Lipinski definition) is 2. The van der Waals surface area contributed by atoms with Crippen molar-refractivity contribution in [2.75, 3.05) is 31.5 Å². The molecule has 31 heavy (non-hydrogen) atoms. The van der Waals surface area contributed by atoms with Crippen LogP contribution < -0.4 is 24.8 Å². The van der Waals surface area contributed by atoms with Crippen LogP contribution in [-0.4, -0.2) is 36.7 Å². The third-order valence-electron chi connectivity index (χ3n) is 4.30. The third kappa shape index (κ3) is 6.08. The van der Waals surface area contributed by atoms with E-state index in [1.807, 2.05) is 26.0 Å². The van der Waals surface area contributed by atoms with Gasteiger partial charge in [-0.2, -0.15) is 4.98 Å². The van der Waals surface area contributed by atoms with Crippen LogP contribution in [0.1, 0.15) is 29.5 Å². The molecule has 0 unspecified atom stereocenters. The maximum Gasteiger partial charge on any atom is 0.255 e. The molecule has 0 radical (unpaired) electrons. The van der Waals surface area contributed by atoms with Gasteiger partial charge in [-0.25, -0.2) is 4.98 Å². The van der Waals surface area contributed by atoms with Crippen LogP contribution in [0.2, 0.25) is 0 Å².